The lowest BCUT2D eigenvalue weighted by molar-refractivity contribution is 0.0601. The Hall–Kier alpha value is -1.79. The highest BCUT2D eigenvalue weighted by Crippen LogP contribution is 2.28. The van der Waals surface area contributed by atoms with Crippen LogP contribution in [0.25, 0.3) is 5.69 Å². The molecule has 2 rings (SSSR count). The van der Waals surface area contributed by atoms with Crippen LogP contribution in [-0.2, 0) is 4.74 Å². The lowest BCUT2D eigenvalue weighted by atomic mass is 10.2. The molecular weight excluding hydrogens is 281 g/mol. The molecule has 0 saturated carbocycles. The molecule has 0 spiro atoms. The highest BCUT2D eigenvalue weighted by Gasteiger charge is 2.17. The van der Waals surface area contributed by atoms with Crippen molar-refractivity contribution < 1.29 is 9.53 Å². The van der Waals surface area contributed by atoms with E-state index < -0.39 is 11.7 Å². The number of carbonyl (C=O) groups excluding carboxylic acids is 1. The van der Waals surface area contributed by atoms with E-state index in [0.717, 1.165) is 0 Å². The molecule has 0 aliphatic carbocycles. The van der Waals surface area contributed by atoms with Gasteiger partial charge in [-0.1, -0.05) is 23.2 Å². The number of nitrogens with zero attached hydrogens (tertiary/aromatic N) is 2. The summed E-state index contributed by atoms with van der Waals surface area (Å²) < 4.78 is 5.76. The van der Waals surface area contributed by atoms with Crippen LogP contribution in [0.5, 0.6) is 0 Å². The third kappa shape index (κ3) is 2.12. The van der Waals surface area contributed by atoms with Crippen LogP contribution in [0.15, 0.2) is 23.3 Å². The number of nitrogens with one attached hydrogen (secondary N) is 1. The zero-order valence-corrected chi connectivity index (χ0v) is 10.6. The van der Waals surface area contributed by atoms with Crippen LogP contribution in [0.2, 0.25) is 10.0 Å². The Morgan fingerprint density at radius 1 is 1.39 bits per heavy atom. The number of rotatable bonds is 2. The van der Waals surface area contributed by atoms with Gasteiger partial charge in [0.1, 0.15) is 6.33 Å². The molecule has 18 heavy (non-hydrogen) atoms. The van der Waals surface area contributed by atoms with Crippen molar-refractivity contribution >= 4 is 29.2 Å². The highest BCUT2D eigenvalue weighted by molar-refractivity contribution is 6.39. The number of carbonyl (C=O) groups is 1. The number of methoxy groups -OCH3 is 1. The van der Waals surface area contributed by atoms with Gasteiger partial charge in [-0.3, -0.25) is 0 Å². The minimum Gasteiger partial charge on any atom is -0.465 e. The van der Waals surface area contributed by atoms with Gasteiger partial charge in [-0.15, -0.1) is 0 Å². The lowest BCUT2D eigenvalue weighted by Gasteiger charge is -2.07. The second-order valence-electron chi connectivity index (χ2n) is 3.31. The van der Waals surface area contributed by atoms with E-state index >= 15 is 0 Å². The fourth-order valence-electron chi connectivity index (χ4n) is 1.43. The molecule has 0 aliphatic rings. The molecule has 0 radical (unpaired) electrons. The predicted molar refractivity (Wildman–Crippen MR) is 65.5 cm³/mol. The van der Waals surface area contributed by atoms with Crippen LogP contribution in [0.1, 0.15) is 10.4 Å². The van der Waals surface area contributed by atoms with E-state index in [1.807, 2.05) is 0 Å². The fraction of sp³-hybridized carbons (Fsp3) is 0.100. The van der Waals surface area contributed by atoms with Crippen LogP contribution < -0.4 is 5.69 Å². The second kappa shape index (κ2) is 4.83. The molecule has 94 valence electrons. The lowest BCUT2D eigenvalue weighted by Crippen LogP contribution is -2.14. The van der Waals surface area contributed by atoms with E-state index in [1.54, 1.807) is 0 Å². The first-order chi connectivity index (χ1) is 8.54. The van der Waals surface area contributed by atoms with Crippen molar-refractivity contribution in [2.75, 3.05) is 7.11 Å². The first-order valence-electron chi connectivity index (χ1n) is 4.74. The molecule has 1 heterocycles. The minimum atomic E-state index is -0.643. The van der Waals surface area contributed by atoms with Crippen molar-refractivity contribution in [3.8, 4) is 5.69 Å². The Labute approximate surface area is 111 Å². The number of benzene rings is 1. The molecule has 1 aromatic carbocycles. The van der Waals surface area contributed by atoms with Crippen molar-refractivity contribution in [2.45, 2.75) is 0 Å². The van der Waals surface area contributed by atoms with Gasteiger partial charge in [-0.05, 0) is 12.1 Å². The van der Waals surface area contributed by atoms with E-state index in [-0.39, 0.29) is 15.6 Å². The van der Waals surface area contributed by atoms with Crippen molar-refractivity contribution in [1.29, 1.82) is 0 Å². The van der Waals surface area contributed by atoms with Crippen LogP contribution in [-0.4, -0.2) is 27.8 Å². The molecule has 0 unspecified atom stereocenters. The standard InChI is InChI=1S/C10H7Cl2N3O3/c1-18-9(16)8-6(11)2-5(3-7(8)12)15-4-13-14-10(15)17/h2-4H,1H3,(H,14,17). The van der Waals surface area contributed by atoms with Gasteiger partial charge in [0.05, 0.1) is 28.4 Å². The van der Waals surface area contributed by atoms with Gasteiger partial charge in [-0.25, -0.2) is 19.3 Å². The Balaban J connectivity index is 2.60. The van der Waals surface area contributed by atoms with E-state index in [1.165, 1.54) is 30.1 Å². The average molecular weight is 288 g/mol. The van der Waals surface area contributed by atoms with Gasteiger partial charge in [0.25, 0.3) is 0 Å². The van der Waals surface area contributed by atoms with Crippen molar-refractivity contribution in [2.24, 2.45) is 0 Å². The average Bonchev–Trinajstić information content (AvgIpc) is 2.74. The maximum absolute atomic E-state index is 11.4. The maximum Gasteiger partial charge on any atom is 0.347 e. The van der Waals surface area contributed by atoms with Gasteiger partial charge in [0.2, 0.25) is 0 Å². The van der Waals surface area contributed by atoms with Gasteiger partial charge in [0.15, 0.2) is 0 Å². The van der Waals surface area contributed by atoms with Crippen molar-refractivity contribution in [1.82, 2.24) is 14.8 Å². The molecule has 0 bridgehead atoms. The zero-order chi connectivity index (χ0) is 13.3. The molecular formula is C10H7Cl2N3O3. The summed E-state index contributed by atoms with van der Waals surface area (Å²) in [4.78, 5) is 22.8. The first-order valence-corrected chi connectivity index (χ1v) is 5.50. The Bertz CT molecular complexity index is 639. The smallest absolute Gasteiger partial charge is 0.347 e. The zero-order valence-electron chi connectivity index (χ0n) is 9.11. The van der Waals surface area contributed by atoms with Crippen molar-refractivity contribution in [3.63, 3.8) is 0 Å². The number of halogens is 2. The van der Waals surface area contributed by atoms with E-state index in [2.05, 4.69) is 14.9 Å². The summed E-state index contributed by atoms with van der Waals surface area (Å²) in [5, 5.41) is 6.00. The Kier molecular flexibility index (Phi) is 3.40. The number of hydrogen-bond donors (Lipinski definition) is 1. The van der Waals surface area contributed by atoms with E-state index in [0.29, 0.717) is 5.69 Å². The Morgan fingerprint density at radius 3 is 2.44 bits per heavy atom. The monoisotopic (exact) mass is 287 g/mol. The molecule has 1 aromatic heterocycles. The summed E-state index contributed by atoms with van der Waals surface area (Å²) in [6.07, 6.45) is 1.28. The third-order valence-electron chi connectivity index (χ3n) is 2.25. The molecule has 1 N–H and O–H groups in total. The quantitative estimate of drug-likeness (QED) is 0.852. The Morgan fingerprint density at radius 2 is 2.00 bits per heavy atom. The number of aromatic nitrogens is 3. The molecule has 0 fully saturated rings. The maximum atomic E-state index is 11.4. The van der Waals surface area contributed by atoms with Crippen LogP contribution in [0.3, 0.4) is 0 Å². The van der Waals surface area contributed by atoms with Gasteiger partial charge in [-0.2, -0.15) is 5.10 Å². The predicted octanol–water partition coefficient (Wildman–Crippen LogP) is 1.65. The summed E-state index contributed by atoms with van der Waals surface area (Å²) in [5.41, 5.74) is 0.0190. The molecule has 6 nitrogen and oxygen atoms in total. The number of esters is 1. The molecule has 0 aliphatic heterocycles. The highest BCUT2D eigenvalue weighted by atomic mass is 35.5. The topological polar surface area (TPSA) is 77.0 Å². The summed E-state index contributed by atoms with van der Waals surface area (Å²) >= 11 is 11.9. The number of H-pyrrole nitrogens is 1. The summed E-state index contributed by atoms with van der Waals surface area (Å²) in [7, 11) is 1.23. The number of hydrogen-bond acceptors (Lipinski definition) is 4. The van der Waals surface area contributed by atoms with Crippen molar-refractivity contribution in [3.05, 3.63) is 44.6 Å². The molecule has 8 heteroatoms. The summed E-state index contributed by atoms with van der Waals surface area (Å²) in [5.74, 6) is -0.643. The van der Waals surface area contributed by atoms with Crippen LogP contribution in [0.4, 0.5) is 0 Å². The molecule has 0 saturated heterocycles. The summed E-state index contributed by atoms with van der Waals surface area (Å²) in [6.45, 7) is 0. The molecule has 2 aromatic rings. The van der Waals surface area contributed by atoms with Gasteiger partial charge >= 0.3 is 11.7 Å². The molecule has 0 atom stereocenters. The van der Waals surface area contributed by atoms with E-state index in [9.17, 15) is 9.59 Å². The molecule has 0 amide bonds. The van der Waals surface area contributed by atoms with Crippen LogP contribution >= 0.6 is 23.2 Å². The summed E-state index contributed by atoms with van der Waals surface area (Å²) in [6, 6.07) is 2.85. The minimum absolute atomic E-state index is 0.0566. The van der Waals surface area contributed by atoms with E-state index in [4.69, 9.17) is 23.2 Å². The largest absolute Gasteiger partial charge is 0.465 e. The first kappa shape index (κ1) is 12.7. The van der Waals surface area contributed by atoms with Gasteiger partial charge in [0, 0.05) is 0 Å². The SMILES string of the molecule is COC(=O)c1c(Cl)cc(-n2cn[nH]c2=O)cc1Cl. The van der Waals surface area contributed by atoms with Gasteiger partial charge < -0.3 is 4.74 Å². The second-order valence-corrected chi connectivity index (χ2v) is 4.12. The normalized spacial score (nSPS) is 10.4. The number of ether oxygens (including phenoxy) is 1. The fourth-order valence-corrected chi connectivity index (χ4v) is 2.06. The third-order valence-corrected chi connectivity index (χ3v) is 2.84. The number of aromatic amines is 1. The van der Waals surface area contributed by atoms with Crippen LogP contribution in [0, 0.1) is 0 Å².